The quantitative estimate of drug-likeness (QED) is 0.694. The van der Waals surface area contributed by atoms with Gasteiger partial charge in [0.15, 0.2) is 0 Å². The first-order valence-corrected chi connectivity index (χ1v) is 6.50. The molecule has 1 aliphatic heterocycles. The van der Waals surface area contributed by atoms with E-state index in [-0.39, 0.29) is 43.8 Å². The van der Waals surface area contributed by atoms with Gasteiger partial charge in [-0.1, -0.05) is 0 Å². The number of hydrogen-bond acceptors (Lipinski definition) is 4. The fourth-order valence-electron chi connectivity index (χ4n) is 1.81. The summed E-state index contributed by atoms with van der Waals surface area (Å²) >= 11 is 0. The van der Waals surface area contributed by atoms with E-state index in [9.17, 15) is 14.4 Å². The zero-order valence-electron chi connectivity index (χ0n) is 12.1. The number of piperazine rings is 1. The van der Waals surface area contributed by atoms with Crippen molar-refractivity contribution in [2.24, 2.45) is 0 Å². The minimum absolute atomic E-state index is 0.0511. The number of hydrogen-bond donors (Lipinski definition) is 0. The Morgan fingerprint density at radius 3 is 2.21 bits per heavy atom. The molecule has 0 spiro atoms. The van der Waals surface area contributed by atoms with Crippen molar-refractivity contribution in [2.75, 3.05) is 26.2 Å². The van der Waals surface area contributed by atoms with Crippen molar-refractivity contribution in [3.63, 3.8) is 0 Å². The van der Waals surface area contributed by atoms with Crippen molar-refractivity contribution in [1.82, 2.24) is 9.80 Å². The molecule has 0 radical (unpaired) electrons. The Bertz CT molecular complexity index is 373. The van der Waals surface area contributed by atoms with Gasteiger partial charge in [0, 0.05) is 13.1 Å². The van der Waals surface area contributed by atoms with E-state index in [1.807, 2.05) is 6.92 Å². The lowest BCUT2D eigenvalue weighted by Gasteiger charge is -2.33. The maximum atomic E-state index is 11.8. The molecule has 6 nitrogen and oxygen atoms in total. The average molecular weight is 270 g/mol. The standard InChI is InChI=1S/C13H22N2O4/c1-5-14-8-11(17)15(9-10(14)16)7-6-12(18)19-13(2,3)4/h5-9H2,1-4H3. The summed E-state index contributed by atoms with van der Waals surface area (Å²) in [5, 5.41) is 0. The van der Waals surface area contributed by atoms with Gasteiger partial charge >= 0.3 is 5.97 Å². The zero-order valence-corrected chi connectivity index (χ0v) is 12.1. The summed E-state index contributed by atoms with van der Waals surface area (Å²) in [6.45, 7) is 8.13. The second-order valence-electron chi connectivity index (χ2n) is 5.56. The van der Waals surface area contributed by atoms with E-state index in [2.05, 4.69) is 0 Å². The van der Waals surface area contributed by atoms with Gasteiger partial charge in [-0.2, -0.15) is 0 Å². The summed E-state index contributed by atoms with van der Waals surface area (Å²) in [4.78, 5) is 37.9. The summed E-state index contributed by atoms with van der Waals surface area (Å²) < 4.78 is 5.16. The van der Waals surface area contributed by atoms with Crippen LogP contribution in [0.2, 0.25) is 0 Å². The van der Waals surface area contributed by atoms with Crippen LogP contribution in [0.4, 0.5) is 0 Å². The van der Waals surface area contributed by atoms with Gasteiger partial charge in [-0.15, -0.1) is 0 Å². The van der Waals surface area contributed by atoms with E-state index in [1.165, 1.54) is 9.80 Å². The number of esters is 1. The van der Waals surface area contributed by atoms with E-state index in [1.54, 1.807) is 20.8 Å². The molecule has 2 amide bonds. The number of likely N-dealkylation sites (N-methyl/N-ethyl adjacent to an activating group) is 1. The van der Waals surface area contributed by atoms with Crippen molar-refractivity contribution in [1.29, 1.82) is 0 Å². The third kappa shape index (κ3) is 4.89. The van der Waals surface area contributed by atoms with Crippen molar-refractivity contribution >= 4 is 17.8 Å². The van der Waals surface area contributed by atoms with Gasteiger partial charge in [0.05, 0.1) is 19.5 Å². The second-order valence-corrected chi connectivity index (χ2v) is 5.56. The normalized spacial score (nSPS) is 16.8. The minimum Gasteiger partial charge on any atom is -0.460 e. The summed E-state index contributed by atoms with van der Waals surface area (Å²) in [6.07, 6.45) is 0.114. The highest BCUT2D eigenvalue weighted by Gasteiger charge is 2.29. The van der Waals surface area contributed by atoms with Crippen molar-refractivity contribution in [3.8, 4) is 0 Å². The topological polar surface area (TPSA) is 66.9 Å². The smallest absolute Gasteiger partial charge is 0.308 e. The van der Waals surface area contributed by atoms with E-state index in [4.69, 9.17) is 4.74 Å². The summed E-state index contributed by atoms with van der Waals surface area (Å²) in [5.41, 5.74) is -0.530. The Morgan fingerprint density at radius 1 is 1.16 bits per heavy atom. The molecule has 1 saturated heterocycles. The number of amides is 2. The lowest BCUT2D eigenvalue weighted by Crippen LogP contribution is -2.54. The maximum Gasteiger partial charge on any atom is 0.308 e. The summed E-state index contributed by atoms with van der Waals surface area (Å²) in [6, 6.07) is 0. The molecule has 0 N–H and O–H groups in total. The second kappa shape index (κ2) is 6.04. The van der Waals surface area contributed by atoms with E-state index in [0.29, 0.717) is 6.54 Å². The molecule has 1 rings (SSSR count). The van der Waals surface area contributed by atoms with Crippen LogP contribution in [0.25, 0.3) is 0 Å². The number of carbonyl (C=O) groups is 3. The molecular weight excluding hydrogens is 248 g/mol. The monoisotopic (exact) mass is 270 g/mol. The van der Waals surface area contributed by atoms with Gasteiger partial charge in [0.1, 0.15) is 5.60 Å². The number of ether oxygens (including phenoxy) is 1. The van der Waals surface area contributed by atoms with Crippen LogP contribution in [0.15, 0.2) is 0 Å². The van der Waals surface area contributed by atoms with Crippen LogP contribution in [0.5, 0.6) is 0 Å². The molecule has 0 aromatic rings. The Labute approximate surface area is 113 Å². The van der Waals surface area contributed by atoms with Gasteiger partial charge in [0.25, 0.3) is 0 Å². The van der Waals surface area contributed by atoms with Gasteiger partial charge in [-0.05, 0) is 27.7 Å². The van der Waals surface area contributed by atoms with Crippen LogP contribution in [0, 0.1) is 0 Å². The first-order chi connectivity index (χ1) is 8.73. The first kappa shape index (κ1) is 15.5. The van der Waals surface area contributed by atoms with Crippen LogP contribution in [0.3, 0.4) is 0 Å². The van der Waals surface area contributed by atoms with Crippen LogP contribution < -0.4 is 0 Å². The molecule has 19 heavy (non-hydrogen) atoms. The first-order valence-electron chi connectivity index (χ1n) is 6.50. The Morgan fingerprint density at radius 2 is 1.68 bits per heavy atom. The fourth-order valence-corrected chi connectivity index (χ4v) is 1.81. The Balaban J connectivity index is 2.44. The van der Waals surface area contributed by atoms with E-state index in [0.717, 1.165) is 0 Å². The molecule has 6 heteroatoms. The number of rotatable bonds is 4. The third-order valence-electron chi connectivity index (χ3n) is 2.75. The molecule has 1 aliphatic rings. The van der Waals surface area contributed by atoms with Gasteiger partial charge in [-0.25, -0.2) is 0 Å². The van der Waals surface area contributed by atoms with Crippen LogP contribution in [0.1, 0.15) is 34.1 Å². The molecule has 0 aromatic carbocycles. The molecule has 1 fully saturated rings. The number of nitrogens with zero attached hydrogens (tertiary/aromatic N) is 2. The Kier molecular flexibility index (Phi) is 4.91. The molecule has 0 aliphatic carbocycles. The molecule has 0 bridgehead atoms. The van der Waals surface area contributed by atoms with E-state index >= 15 is 0 Å². The SMILES string of the molecule is CCN1CC(=O)N(CCC(=O)OC(C)(C)C)CC1=O. The van der Waals surface area contributed by atoms with Gasteiger partial charge in [-0.3, -0.25) is 14.4 Å². The molecule has 0 atom stereocenters. The van der Waals surface area contributed by atoms with Crippen LogP contribution in [-0.4, -0.2) is 59.4 Å². The van der Waals surface area contributed by atoms with Gasteiger partial charge < -0.3 is 14.5 Å². The fraction of sp³-hybridized carbons (Fsp3) is 0.769. The van der Waals surface area contributed by atoms with Crippen molar-refractivity contribution in [3.05, 3.63) is 0 Å². The largest absolute Gasteiger partial charge is 0.460 e. The zero-order chi connectivity index (χ0) is 14.6. The Hall–Kier alpha value is -1.59. The van der Waals surface area contributed by atoms with Crippen LogP contribution in [-0.2, 0) is 19.1 Å². The number of carbonyl (C=O) groups excluding carboxylic acids is 3. The predicted molar refractivity (Wildman–Crippen MR) is 69.3 cm³/mol. The molecule has 108 valence electrons. The molecule has 0 saturated carbocycles. The molecular formula is C13H22N2O4. The highest BCUT2D eigenvalue weighted by molar-refractivity contribution is 5.92. The summed E-state index contributed by atoms with van der Waals surface area (Å²) in [5.74, 6) is -0.554. The average Bonchev–Trinajstić information content (AvgIpc) is 2.27. The van der Waals surface area contributed by atoms with Crippen LogP contribution >= 0.6 is 0 Å². The van der Waals surface area contributed by atoms with E-state index < -0.39 is 5.60 Å². The lowest BCUT2D eigenvalue weighted by molar-refractivity contribution is -0.157. The highest BCUT2D eigenvalue weighted by Crippen LogP contribution is 2.10. The lowest BCUT2D eigenvalue weighted by atomic mass is 10.2. The molecule has 0 aromatic heterocycles. The minimum atomic E-state index is -0.530. The maximum absolute atomic E-state index is 11.8. The highest BCUT2D eigenvalue weighted by atomic mass is 16.6. The van der Waals surface area contributed by atoms with Gasteiger partial charge in [0.2, 0.25) is 11.8 Å². The van der Waals surface area contributed by atoms with Crippen molar-refractivity contribution in [2.45, 2.75) is 39.7 Å². The molecule has 0 unspecified atom stereocenters. The molecule has 1 heterocycles. The predicted octanol–water partition coefficient (Wildman–Crippen LogP) is 0.409. The third-order valence-corrected chi connectivity index (χ3v) is 2.75. The summed E-state index contributed by atoms with van der Waals surface area (Å²) in [7, 11) is 0. The van der Waals surface area contributed by atoms with Crippen molar-refractivity contribution < 1.29 is 19.1 Å².